The van der Waals surface area contributed by atoms with Crippen LogP contribution in [0.2, 0.25) is 0 Å². The molecule has 0 unspecified atom stereocenters. The Bertz CT molecular complexity index is 646. The lowest BCUT2D eigenvalue weighted by Crippen LogP contribution is -2.52. The molecule has 122 valence electrons. The zero-order chi connectivity index (χ0) is 16.1. The van der Waals surface area contributed by atoms with Crippen LogP contribution in [0, 0.1) is 6.92 Å². The van der Waals surface area contributed by atoms with Crippen LogP contribution in [0.15, 0.2) is 34.8 Å². The average molecular weight is 330 g/mol. The molecule has 2 aromatic rings. The van der Waals surface area contributed by atoms with E-state index in [9.17, 15) is 0 Å². The smallest absolute Gasteiger partial charge is 0.194 e. The van der Waals surface area contributed by atoms with Crippen molar-refractivity contribution in [3.05, 3.63) is 41.3 Å². The van der Waals surface area contributed by atoms with Gasteiger partial charge in [-0.3, -0.25) is 4.99 Å². The van der Waals surface area contributed by atoms with Crippen LogP contribution >= 0.6 is 11.3 Å². The first-order valence-electron chi connectivity index (χ1n) is 7.79. The molecule has 3 rings (SSSR count). The van der Waals surface area contributed by atoms with Gasteiger partial charge in [-0.25, -0.2) is 9.97 Å². The molecule has 1 N–H and O–H groups in total. The van der Waals surface area contributed by atoms with Crippen LogP contribution in [0.4, 0.5) is 5.00 Å². The number of anilines is 1. The van der Waals surface area contributed by atoms with E-state index >= 15 is 0 Å². The molecule has 0 saturated carbocycles. The van der Waals surface area contributed by atoms with E-state index in [2.05, 4.69) is 47.6 Å². The van der Waals surface area contributed by atoms with Crippen LogP contribution < -0.4 is 10.2 Å². The van der Waals surface area contributed by atoms with Crippen molar-refractivity contribution in [1.82, 2.24) is 20.2 Å². The number of nitrogens with zero attached hydrogens (tertiary/aromatic N) is 5. The van der Waals surface area contributed by atoms with Gasteiger partial charge in [0.05, 0.1) is 17.2 Å². The molecule has 1 aliphatic rings. The predicted molar refractivity (Wildman–Crippen MR) is 95.1 cm³/mol. The van der Waals surface area contributed by atoms with Crippen LogP contribution in [0.5, 0.6) is 0 Å². The van der Waals surface area contributed by atoms with E-state index in [1.54, 1.807) is 17.5 Å². The van der Waals surface area contributed by atoms with Crippen molar-refractivity contribution in [2.45, 2.75) is 13.5 Å². The Morgan fingerprint density at radius 3 is 2.78 bits per heavy atom. The highest BCUT2D eigenvalue weighted by molar-refractivity contribution is 7.14. The van der Waals surface area contributed by atoms with Gasteiger partial charge in [0.1, 0.15) is 5.82 Å². The van der Waals surface area contributed by atoms with E-state index in [1.807, 2.05) is 20.0 Å². The van der Waals surface area contributed by atoms with Crippen LogP contribution in [0.25, 0.3) is 0 Å². The Kier molecular flexibility index (Phi) is 5.07. The van der Waals surface area contributed by atoms with Crippen molar-refractivity contribution < 1.29 is 0 Å². The van der Waals surface area contributed by atoms with E-state index in [-0.39, 0.29) is 0 Å². The molecule has 0 aromatic carbocycles. The molecule has 0 bridgehead atoms. The SMILES string of the molecule is CN=C(NCc1ccnc(C)n1)N1CCN(c2cccs2)CC1. The second kappa shape index (κ2) is 7.41. The highest BCUT2D eigenvalue weighted by Gasteiger charge is 2.20. The lowest BCUT2D eigenvalue weighted by atomic mass is 10.3. The third-order valence-corrected chi connectivity index (χ3v) is 4.80. The summed E-state index contributed by atoms with van der Waals surface area (Å²) in [7, 11) is 1.83. The minimum absolute atomic E-state index is 0.668. The van der Waals surface area contributed by atoms with Gasteiger partial charge in [0.2, 0.25) is 0 Å². The second-order valence-corrected chi connectivity index (χ2v) is 6.35. The van der Waals surface area contributed by atoms with Crippen molar-refractivity contribution >= 4 is 22.3 Å². The molecule has 3 heterocycles. The molecule has 1 fully saturated rings. The topological polar surface area (TPSA) is 56.7 Å². The zero-order valence-corrected chi connectivity index (χ0v) is 14.4. The Morgan fingerprint density at radius 2 is 2.13 bits per heavy atom. The van der Waals surface area contributed by atoms with E-state index < -0.39 is 0 Å². The summed E-state index contributed by atoms with van der Waals surface area (Å²) in [6.07, 6.45) is 1.79. The Morgan fingerprint density at radius 1 is 1.30 bits per heavy atom. The molecule has 6 nitrogen and oxygen atoms in total. The van der Waals surface area contributed by atoms with Crippen molar-refractivity contribution in [1.29, 1.82) is 0 Å². The summed E-state index contributed by atoms with van der Waals surface area (Å²) in [6.45, 7) is 6.56. The lowest BCUT2D eigenvalue weighted by molar-refractivity contribution is 0.373. The fourth-order valence-corrected chi connectivity index (χ4v) is 3.48. The monoisotopic (exact) mass is 330 g/mol. The molecule has 0 atom stereocenters. The number of thiophene rings is 1. The highest BCUT2D eigenvalue weighted by Crippen LogP contribution is 2.22. The van der Waals surface area contributed by atoms with Gasteiger partial charge in [-0.15, -0.1) is 11.3 Å². The maximum absolute atomic E-state index is 4.42. The fraction of sp³-hybridized carbons (Fsp3) is 0.438. The number of aliphatic imine (C=N–C) groups is 1. The van der Waals surface area contributed by atoms with Gasteiger partial charge < -0.3 is 15.1 Å². The quantitative estimate of drug-likeness (QED) is 0.686. The minimum Gasteiger partial charge on any atom is -0.360 e. The van der Waals surface area contributed by atoms with Crippen molar-refractivity contribution in [2.75, 3.05) is 38.1 Å². The summed E-state index contributed by atoms with van der Waals surface area (Å²) >= 11 is 1.80. The molecular weight excluding hydrogens is 308 g/mol. The molecule has 1 aliphatic heterocycles. The van der Waals surface area contributed by atoms with Gasteiger partial charge in [0.25, 0.3) is 0 Å². The molecule has 2 aromatic heterocycles. The number of piperazine rings is 1. The van der Waals surface area contributed by atoms with E-state index in [0.717, 1.165) is 43.7 Å². The molecule has 0 spiro atoms. The number of hydrogen-bond acceptors (Lipinski definition) is 5. The standard InChI is InChI=1S/C16H22N6S/c1-13-18-6-5-14(20-13)12-19-16(17-2)22-9-7-21(8-10-22)15-4-3-11-23-15/h3-6,11H,7-10,12H2,1-2H3,(H,17,19). The van der Waals surface area contributed by atoms with Crippen LogP contribution in [-0.4, -0.2) is 54.1 Å². The van der Waals surface area contributed by atoms with Crippen LogP contribution in [0.1, 0.15) is 11.5 Å². The first-order chi connectivity index (χ1) is 11.3. The largest absolute Gasteiger partial charge is 0.360 e. The molecule has 0 radical (unpaired) electrons. The second-order valence-electron chi connectivity index (χ2n) is 5.42. The maximum atomic E-state index is 4.42. The van der Waals surface area contributed by atoms with Gasteiger partial charge in [0.15, 0.2) is 5.96 Å². The average Bonchev–Trinajstić information content (AvgIpc) is 3.11. The number of hydrogen-bond donors (Lipinski definition) is 1. The number of aryl methyl sites for hydroxylation is 1. The van der Waals surface area contributed by atoms with Gasteiger partial charge >= 0.3 is 0 Å². The van der Waals surface area contributed by atoms with E-state index in [4.69, 9.17) is 0 Å². The summed E-state index contributed by atoms with van der Waals surface area (Å²) in [6, 6.07) is 6.23. The summed E-state index contributed by atoms with van der Waals surface area (Å²) in [5, 5.41) is 6.88. The number of nitrogens with one attached hydrogen (secondary N) is 1. The van der Waals surface area contributed by atoms with E-state index in [1.165, 1.54) is 5.00 Å². The van der Waals surface area contributed by atoms with Crippen LogP contribution in [-0.2, 0) is 6.54 Å². The van der Waals surface area contributed by atoms with Gasteiger partial charge in [-0.2, -0.15) is 0 Å². The molecule has 0 aliphatic carbocycles. The Labute approximate surface area is 140 Å². The normalized spacial score (nSPS) is 15.8. The summed E-state index contributed by atoms with van der Waals surface area (Å²) < 4.78 is 0. The van der Waals surface area contributed by atoms with Crippen LogP contribution in [0.3, 0.4) is 0 Å². The van der Waals surface area contributed by atoms with Crippen molar-refractivity contribution in [2.24, 2.45) is 4.99 Å². The zero-order valence-electron chi connectivity index (χ0n) is 13.6. The van der Waals surface area contributed by atoms with Gasteiger partial charge in [-0.1, -0.05) is 0 Å². The Balaban J connectivity index is 1.53. The number of guanidine groups is 1. The number of rotatable bonds is 3. The molecule has 1 saturated heterocycles. The highest BCUT2D eigenvalue weighted by atomic mass is 32.1. The Hall–Kier alpha value is -2.15. The summed E-state index contributed by atoms with van der Waals surface area (Å²) in [5.74, 6) is 1.73. The van der Waals surface area contributed by atoms with Gasteiger partial charge in [0, 0.05) is 39.4 Å². The molecule has 0 amide bonds. The maximum Gasteiger partial charge on any atom is 0.194 e. The predicted octanol–water partition coefficient (Wildman–Crippen LogP) is 1.74. The molecule has 7 heteroatoms. The number of aromatic nitrogens is 2. The molecule has 23 heavy (non-hydrogen) atoms. The fourth-order valence-electron chi connectivity index (χ4n) is 2.69. The summed E-state index contributed by atoms with van der Waals surface area (Å²) in [5.41, 5.74) is 0.982. The third kappa shape index (κ3) is 3.98. The minimum atomic E-state index is 0.668. The summed E-state index contributed by atoms with van der Waals surface area (Å²) in [4.78, 5) is 17.7. The first kappa shape index (κ1) is 15.7. The van der Waals surface area contributed by atoms with Gasteiger partial charge in [-0.05, 0) is 30.5 Å². The molecular formula is C16H22N6S. The lowest BCUT2D eigenvalue weighted by Gasteiger charge is -2.37. The van der Waals surface area contributed by atoms with Crippen molar-refractivity contribution in [3.63, 3.8) is 0 Å². The van der Waals surface area contributed by atoms with E-state index in [0.29, 0.717) is 6.54 Å². The van der Waals surface area contributed by atoms with Crippen molar-refractivity contribution in [3.8, 4) is 0 Å². The third-order valence-electron chi connectivity index (χ3n) is 3.87. The first-order valence-corrected chi connectivity index (χ1v) is 8.67.